The predicted molar refractivity (Wildman–Crippen MR) is 99.1 cm³/mol. The van der Waals surface area contributed by atoms with Gasteiger partial charge >= 0.3 is 0 Å². The van der Waals surface area contributed by atoms with Crippen LogP contribution in [0.1, 0.15) is 30.0 Å². The standard InChI is InChI=1S/C23H22O/c1-19(18-24)17-23(20-11-5-2-6-12-20,21-13-7-3-8-14-21)22-15-9-4-10-16-22/h2-16,18-19H,17H2,1H3. The third-order valence-corrected chi connectivity index (χ3v) is 4.66. The van der Waals surface area contributed by atoms with E-state index in [0.717, 1.165) is 12.7 Å². The second-order valence-corrected chi connectivity index (χ2v) is 6.32. The van der Waals surface area contributed by atoms with E-state index in [4.69, 9.17) is 0 Å². The van der Waals surface area contributed by atoms with Gasteiger partial charge in [0, 0.05) is 11.3 Å². The zero-order valence-corrected chi connectivity index (χ0v) is 13.9. The first-order valence-corrected chi connectivity index (χ1v) is 8.39. The van der Waals surface area contributed by atoms with Crippen LogP contribution in [0.2, 0.25) is 0 Å². The molecule has 1 unspecified atom stereocenters. The van der Waals surface area contributed by atoms with Gasteiger partial charge in [-0.3, -0.25) is 0 Å². The van der Waals surface area contributed by atoms with Gasteiger partial charge in [0.1, 0.15) is 6.29 Å². The number of hydrogen-bond donors (Lipinski definition) is 0. The molecule has 0 aliphatic rings. The van der Waals surface area contributed by atoms with Crippen LogP contribution in [0.25, 0.3) is 0 Å². The van der Waals surface area contributed by atoms with Crippen molar-refractivity contribution in [1.82, 2.24) is 0 Å². The molecule has 1 atom stereocenters. The van der Waals surface area contributed by atoms with Crippen molar-refractivity contribution in [3.63, 3.8) is 0 Å². The van der Waals surface area contributed by atoms with E-state index in [9.17, 15) is 4.79 Å². The summed E-state index contributed by atoms with van der Waals surface area (Å²) < 4.78 is 0. The summed E-state index contributed by atoms with van der Waals surface area (Å²) in [6.07, 6.45) is 1.80. The number of rotatable bonds is 6. The zero-order valence-electron chi connectivity index (χ0n) is 13.9. The van der Waals surface area contributed by atoms with Crippen LogP contribution >= 0.6 is 0 Å². The highest BCUT2D eigenvalue weighted by atomic mass is 16.1. The maximum atomic E-state index is 11.5. The minimum absolute atomic E-state index is 0.0365. The third kappa shape index (κ3) is 3.03. The lowest BCUT2D eigenvalue weighted by Crippen LogP contribution is -2.32. The largest absolute Gasteiger partial charge is 0.303 e. The van der Waals surface area contributed by atoms with Gasteiger partial charge in [-0.1, -0.05) is 97.9 Å². The van der Waals surface area contributed by atoms with Crippen LogP contribution in [-0.2, 0) is 10.2 Å². The smallest absolute Gasteiger partial charge is 0.122 e. The lowest BCUT2D eigenvalue weighted by Gasteiger charge is -2.37. The topological polar surface area (TPSA) is 17.1 Å². The van der Waals surface area contributed by atoms with E-state index in [1.165, 1.54) is 16.7 Å². The molecule has 3 aromatic carbocycles. The molecule has 120 valence electrons. The lowest BCUT2D eigenvalue weighted by atomic mass is 9.65. The quantitative estimate of drug-likeness (QED) is 0.449. The zero-order chi connectivity index (χ0) is 16.8. The summed E-state index contributed by atoms with van der Waals surface area (Å²) in [5.41, 5.74) is 3.33. The van der Waals surface area contributed by atoms with Crippen LogP contribution in [0.4, 0.5) is 0 Å². The molecule has 24 heavy (non-hydrogen) atoms. The highest BCUT2D eigenvalue weighted by Gasteiger charge is 2.37. The maximum absolute atomic E-state index is 11.5. The van der Waals surface area contributed by atoms with Crippen molar-refractivity contribution >= 4 is 6.29 Å². The molecule has 0 heterocycles. The fourth-order valence-electron chi connectivity index (χ4n) is 3.55. The number of hydrogen-bond acceptors (Lipinski definition) is 1. The van der Waals surface area contributed by atoms with Crippen LogP contribution in [0.15, 0.2) is 91.0 Å². The molecule has 0 fully saturated rings. The van der Waals surface area contributed by atoms with Crippen LogP contribution in [0.3, 0.4) is 0 Å². The summed E-state index contributed by atoms with van der Waals surface area (Å²) >= 11 is 0. The van der Waals surface area contributed by atoms with E-state index in [1.54, 1.807) is 0 Å². The van der Waals surface area contributed by atoms with Gasteiger partial charge in [0.15, 0.2) is 0 Å². The fourth-order valence-corrected chi connectivity index (χ4v) is 3.55. The number of benzene rings is 3. The first-order chi connectivity index (χ1) is 11.8. The summed E-state index contributed by atoms with van der Waals surface area (Å²) in [6.45, 7) is 2.00. The molecule has 0 saturated carbocycles. The predicted octanol–water partition coefficient (Wildman–Crippen LogP) is 5.25. The lowest BCUT2D eigenvalue weighted by molar-refractivity contribution is -0.111. The van der Waals surface area contributed by atoms with Crippen molar-refractivity contribution < 1.29 is 4.79 Å². The molecule has 0 saturated heterocycles. The van der Waals surface area contributed by atoms with Gasteiger partial charge in [0.25, 0.3) is 0 Å². The molecule has 0 radical (unpaired) electrons. The van der Waals surface area contributed by atoms with Crippen LogP contribution < -0.4 is 0 Å². The molecule has 0 spiro atoms. The van der Waals surface area contributed by atoms with Crippen molar-refractivity contribution in [3.8, 4) is 0 Å². The fraction of sp³-hybridized carbons (Fsp3) is 0.174. The average molecular weight is 314 g/mol. The Kier molecular flexibility index (Phi) is 4.90. The molecular formula is C23H22O. The van der Waals surface area contributed by atoms with Gasteiger partial charge in [-0.05, 0) is 23.1 Å². The van der Waals surface area contributed by atoms with Crippen molar-refractivity contribution in [2.75, 3.05) is 0 Å². The Bertz CT molecular complexity index is 666. The average Bonchev–Trinajstić information content (AvgIpc) is 2.68. The molecule has 3 aromatic rings. The third-order valence-electron chi connectivity index (χ3n) is 4.66. The van der Waals surface area contributed by atoms with E-state index < -0.39 is 0 Å². The SMILES string of the molecule is CC(C=O)CC(c1ccccc1)(c1ccccc1)c1ccccc1. The van der Waals surface area contributed by atoms with E-state index >= 15 is 0 Å². The number of carbonyl (C=O) groups excluding carboxylic acids is 1. The van der Waals surface area contributed by atoms with Gasteiger partial charge in [-0.25, -0.2) is 0 Å². The highest BCUT2D eigenvalue weighted by molar-refractivity contribution is 5.57. The first-order valence-electron chi connectivity index (χ1n) is 8.39. The molecule has 0 aliphatic carbocycles. The normalized spacial score (nSPS) is 12.5. The summed E-state index contributed by atoms with van der Waals surface area (Å²) in [5, 5.41) is 0. The van der Waals surface area contributed by atoms with Crippen molar-refractivity contribution in [3.05, 3.63) is 108 Å². The Morgan fingerprint density at radius 3 is 1.33 bits per heavy atom. The van der Waals surface area contributed by atoms with Gasteiger partial charge in [0.05, 0.1) is 0 Å². The van der Waals surface area contributed by atoms with E-state index in [-0.39, 0.29) is 11.3 Å². The Labute approximate surface area is 144 Å². The minimum Gasteiger partial charge on any atom is -0.303 e. The molecule has 0 aromatic heterocycles. The molecular weight excluding hydrogens is 292 g/mol. The van der Waals surface area contributed by atoms with Crippen molar-refractivity contribution in [2.45, 2.75) is 18.8 Å². The van der Waals surface area contributed by atoms with Crippen molar-refractivity contribution in [1.29, 1.82) is 0 Å². The second-order valence-electron chi connectivity index (χ2n) is 6.32. The second kappa shape index (κ2) is 7.27. The maximum Gasteiger partial charge on any atom is 0.122 e. The summed E-state index contributed by atoms with van der Waals surface area (Å²) in [5.74, 6) is -0.0365. The number of aldehydes is 1. The summed E-state index contributed by atoms with van der Waals surface area (Å²) in [7, 11) is 0. The van der Waals surface area contributed by atoms with Crippen molar-refractivity contribution in [2.24, 2.45) is 5.92 Å². The summed E-state index contributed by atoms with van der Waals surface area (Å²) in [4.78, 5) is 11.5. The molecule has 0 N–H and O–H groups in total. The summed E-state index contributed by atoms with van der Waals surface area (Å²) in [6, 6.07) is 31.5. The molecule has 0 aliphatic heterocycles. The highest BCUT2D eigenvalue weighted by Crippen LogP contribution is 2.43. The van der Waals surface area contributed by atoms with E-state index in [2.05, 4.69) is 72.8 Å². The van der Waals surface area contributed by atoms with Gasteiger partial charge < -0.3 is 4.79 Å². The molecule has 1 nitrogen and oxygen atoms in total. The van der Waals surface area contributed by atoms with E-state index in [1.807, 2.05) is 25.1 Å². The Hall–Kier alpha value is -2.67. The van der Waals surface area contributed by atoms with Crippen LogP contribution in [0.5, 0.6) is 0 Å². The monoisotopic (exact) mass is 314 g/mol. The Morgan fingerprint density at radius 2 is 1.04 bits per heavy atom. The molecule has 0 bridgehead atoms. The van der Waals surface area contributed by atoms with Gasteiger partial charge in [-0.2, -0.15) is 0 Å². The number of carbonyl (C=O) groups is 1. The van der Waals surface area contributed by atoms with Gasteiger partial charge in [0.2, 0.25) is 0 Å². The van der Waals surface area contributed by atoms with Gasteiger partial charge in [-0.15, -0.1) is 0 Å². The Morgan fingerprint density at radius 1 is 0.708 bits per heavy atom. The molecule has 3 rings (SSSR count). The van der Waals surface area contributed by atoms with Crippen LogP contribution in [0, 0.1) is 5.92 Å². The molecule has 0 amide bonds. The first kappa shape index (κ1) is 16.2. The van der Waals surface area contributed by atoms with E-state index in [0.29, 0.717) is 0 Å². The van der Waals surface area contributed by atoms with Crippen LogP contribution in [-0.4, -0.2) is 6.29 Å². The Balaban J connectivity index is 2.30. The minimum atomic E-state index is -0.329. The molecule has 1 heteroatoms.